The molecule has 0 heterocycles. The quantitative estimate of drug-likeness (QED) is 0.768. The normalized spacial score (nSPS) is 17.4. The molecule has 1 N–H and O–H groups in total. The van der Waals surface area contributed by atoms with Crippen molar-refractivity contribution < 1.29 is 0 Å². The highest BCUT2D eigenvalue weighted by molar-refractivity contribution is 5.22. The second-order valence-corrected chi connectivity index (χ2v) is 4.90. The minimum atomic E-state index is 0.742. The second kappa shape index (κ2) is 5.49. The van der Waals surface area contributed by atoms with E-state index in [9.17, 15) is 0 Å². The van der Waals surface area contributed by atoms with Gasteiger partial charge >= 0.3 is 0 Å². The standard InChI is InChI=1S/C15H23N/c1-3-12-5-7-13(8-6-12)11-16-15(4-2)14-9-10-14/h5-8,14-16H,3-4,9-11H2,1-2H3. The van der Waals surface area contributed by atoms with E-state index in [1.807, 2.05) is 0 Å². The Morgan fingerprint density at radius 1 is 1.12 bits per heavy atom. The van der Waals surface area contributed by atoms with Crippen LogP contribution < -0.4 is 5.32 Å². The van der Waals surface area contributed by atoms with Crippen molar-refractivity contribution in [1.29, 1.82) is 0 Å². The Balaban J connectivity index is 1.83. The van der Waals surface area contributed by atoms with E-state index >= 15 is 0 Å². The predicted molar refractivity (Wildman–Crippen MR) is 69.5 cm³/mol. The average Bonchev–Trinajstić information content (AvgIpc) is 3.15. The van der Waals surface area contributed by atoms with Gasteiger partial charge in [-0.1, -0.05) is 38.1 Å². The maximum atomic E-state index is 3.69. The fraction of sp³-hybridized carbons (Fsp3) is 0.600. The van der Waals surface area contributed by atoms with Crippen LogP contribution in [0.5, 0.6) is 0 Å². The lowest BCUT2D eigenvalue weighted by Gasteiger charge is -2.16. The fourth-order valence-corrected chi connectivity index (χ4v) is 2.28. The Kier molecular flexibility index (Phi) is 4.00. The van der Waals surface area contributed by atoms with Crippen LogP contribution in [0, 0.1) is 5.92 Å². The Morgan fingerprint density at radius 3 is 2.25 bits per heavy atom. The first kappa shape index (κ1) is 11.7. The van der Waals surface area contributed by atoms with Crippen molar-refractivity contribution in [2.75, 3.05) is 0 Å². The molecule has 88 valence electrons. The van der Waals surface area contributed by atoms with E-state index in [1.165, 1.54) is 30.4 Å². The van der Waals surface area contributed by atoms with Gasteiger partial charge in [-0.05, 0) is 42.7 Å². The summed E-state index contributed by atoms with van der Waals surface area (Å²) < 4.78 is 0. The molecule has 1 fully saturated rings. The molecule has 1 aliphatic rings. The van der Waals surface area contributed by atoms with Gasteiger partial charge in [0.15, 0.2) is 0 Å². The van der Waals surface area contributed by atoms with Gasteiger partial charge in [-0.25, -0.2) is 0 Å². The molecule has 1 heteroatoms. The van der Waals surface area contributed by atoms with Crippen molar-refractivity contribution in [2.45, 2.75) is 52.1 Å². The van der Waals surface area contributed by atoms with Crippen LogP contribution in [0.4, 0.5) is 0 Å². The molecule has 0 radical (unpaired) electrons. The van der Waals surface area contributed by atoms with Crippen molar-refractivity contribution >= 4 is 0 Å². The Labute approximate surface area is 99.3 Å². The molecule has 2 rings (SSSR count). The summed E-state index contributed by atoms with van der Waals surface area (Å²) in [6.45, 7) is 5.52. The largest absolute Gasteiger partial charge is 0.310 e. The van der Waals surface area contributed by atoms with Crippen molar-refractivity contribution in [3.63, 3.8) is 0 Å². The summed E-state index contributed by atoms with van der Waals surface area (Å²) in [6, 6.07) is 9.74. The van der Waals surface area contributed by atoms with Crippen LogP contribution in [0.1, 0.15) is 44.2 Å². The average molecular weight is 217 g/mol. The van der Waals surface area contributed by atoms with Gasteiger partial charge in [-0.2, -0.15) is 0 Å². The molecule has 0 spiro atoms. The zero-order valence-corrected chi connectivity index (χ0v) is 10.5. The lowest BCUT2D eigenvalue weighted by Crippen LogP contribution is -2.29. The van der Waals surface area contributed by atoms with E-state index in [4.69, 9.17) is 0 Å². The molecular formula is C15H23N. The summed E-state index contributed by atoms with van der Waals surface area (Å²) in [7, 11) is 0. The summed E-state index contributed by atoms with van der Waals surface area (Å²) in [5.74, 6) is 0.958. The van der Waals surface area contributed by atoms with Crippen LogP contribution in [0.3, 0.4) is 0 Å². The zero-order chi connectivity index (χ0) is 11.4. The molecule has 1 aliphatic carbocycles. The molecule has 0 amide bonds. The Bertz CT molecular complexity index is 311. The maximum Gasteiger partial charge on any atom is 0.0208 e. The summed E-state index contributed by atoms with van der Waals surface area (Å²) in [6.07, 6.45) is 5.26. The lowest BCUT2D eigenvalue weighted by atomic mass is 10.1. The van der Waals surface area contributed by atoms with Gasteiger partial charge in [-0.3, -0.25) is 0 Å². The number of aryl methyl sites for hydroxylation is 1. The van der Waals surface area contributed by atoms with E-state index in [0.29, 0.717) is 0 Å². The minimum Gasteiger partial charge on any atom is -0.310 e. The predicted octanol–water partition coefficient (Wildman–Crippen LogP) is 3.53. The molecule has 1 unspecified atom stereocenters. The molecule has 16 heavy (non-hydrogen) atoms. The molecule has 1 nitrogen and oxygen atoms in total. The molecule has 0 aliphatic heterocycles. The monoisotopic (exact) mass is 217 g/mol. The van der Waals surface area contributed by atoms with Crippen LogP contribution in [0.2, 0.25) is 0 Å². The molecule has 1 atom stereocenters. The molecule has 0 saturated heterocycles. The van der Waals surface area contributed by atoms with Crippen molar-refractivity contribution in [2.24, 2.45) is 5.92 Å². The number of hydrogen-bond acceptors (Lipinski definition) is 1. The van der Waals surface area contributed by atoms with E-state index in [0.717, 1.165) is 24.9 Å². The summed E-state index contributed by atoms with van der Waals surface area (Å²) in [5.41, 5.74) is 2.84. The van der Waals surface area contributed by atoms with Crippen LogP contribution >= 0.6 is 0 Å². The van der Waals surface area contributed by atoms with Gasteiger partial charge in [0.25, 0.3) is 0 Å². The lowest BCUT2D eigenvalue weighted by molar-refractivity contribution is 0.449. The maximum absolute atomic E-state index is 3.69. The van der Waals surface area contributed by atoms with Crippen LogP contribution in [-0.4, -0.2) is 6.04 Å². The topological polar surface area (TPSA) is 12.0 Å². The van der Waals surface area contributed by atoms with Crippen LogP contribution in [-0.2, 0) is 13.0 Å². The molecule has 1 aromatic rings. The zero-order valence-electron chi connectivity index (χ0n) is 10.5. The molecule has 0 bridgehead atoms. The molecule has 0 aromatic heterocycles. The third-order valence-corrected chi connectivity index (χ3v) is 3.63. The number of benzene rings is 1. The summed E-state index contributed by atoms with van der Waals surface area (Å²) in [4.78, 5) is 0. The second-order valence-electron chi connectivity index (χ2n) is 4.90. The first-order valence-electron chi connectivity index (χ1n) is 6.64. The third kappa shape index (κ3) is 3.08. The van der Waals surface area contributed by atoms with Gasteiger partial charge < -0.3 is 5.32 Å². The van der Waals surface area contributed by atoms with E-state index < -0.39 is 0 Å². The van der Waals surface area contributed by atoms with Gasteiger partial charge in [0, 0.05) is 12.6 Å². The van der Waals surface area contributed by atoms with Crippen LogP contribution in [0.15, 0.2) is 24.3 Å². The third-order valence-electron chi connectivity index (χ3n) is 3.63. The van der Waals surface area contributed by atoms with Gasteiger partial charge in [0.05, 0.1) is 0 Å². The summed E-state index contributed by atoms with van der Waals surface area (Å²) >= 11 is 0. The van der Waals surface area contributed by atoms with Crippen LogP contribution in [0.25, 0.3) is 0 Å². The van der Waals surface area contributed by atoms with Crippen molar-refractivity contribution in [3.05, 3.63) is 35.4 Å². The summed E-state index contributed by atoms with van der Waals surface area (Å²) in [5, 5.41) is 3.69. The smallest absolute Gasteiger partial charge is 0.0208 e. The number of rotatable bonds is 6. The van der Waals surface area contributed by atoms with E-state index in [-0.39, 0.29) is 0 Å². The molecule has 1 aromatic carbocycles. The number of hydrogen-bond donors (Lipinski definition) is 1. The van der Waals surface area contributed by atoms with E-state index in [1.54, 1.807) is 0 Å². The first-order chi connectivity index (χ1) is 7.83. The van der Waals surface area contributed by atoms with Crippen molar-refractivity contribution in [3.8, 4) is 0 Å². The SMILES string of the molecule is CCc1ccc(CNC(CC)C2CC2)cc1. The molecule has 1 saturated carbocycles. The number of nitrogens with one attached hydrogen (secondary N) is 1. The Morgan fingerprint density at radius 2 is 1.75 bits per heavy atom. The highest BCUT2D eigenvalue weighted by atomic mass is 14.9. The molecular weight excluding hydrogens is 194 g/mol. The van der Waals surface area contributed by atoms with Crippen molar-refractivity contribution in [1.82, 2.24) is 5.32 Å². The van der Waals surface area contributed by atoms with Gasteiger partial charge in [-0.15, -0.1) is 0 Å². The first-order valence-corrected chi connectivity index (χ1v) is 6.64. The Hall–Kier alpha value is -0.820. The van der Waals surface area contributed by atoms with Gasteiger partial charge in [0.1, 0.15) is 0 Å². The highest BCUT2D eigenvalue weighted by Crippen LogP contribution is 2.33. The minimum absolute atomic E-state index is 0.742. The highest BCUT2D eigenvalue weighted by Gasteiger charge is 2.29. The van der Waals surface area contributed by atoms with E-state index in [2.05, 4.69) is 43.4 Å². The fourth-order valence-electron chi connectivity index (χ4n) is 2.28. The van der Waals surface area contributed by atoms with Gasteiger partial charge in [0.2, 0.25) is 0 Å².